The van der Waals surface area contributed by atoms with E-state index in [1.807, 2.05) is 17.5 Å². The lowest BCUT2D eigenvalue weighted by Gasteiger charge is -2.42. The third kappa shape index (κ3) is 4.66. The van der Waals surface area contributed by atoms with Crippen molar-refractivity contribution in [2.45, 2.75) is 25.3 Å². The molecule has 1 N–H and O–H groups in total. The van der Waals surface area contributed by atoms with Gasteiger partial charge in [0.2, 0.25) is 11.8 Å². The smallest absolute Gasteiger partial charge is 0.226 e. The summed E-state index contributed by atoms with van der Waals surface area (Å²) in [5, 5.41) is 5.23. The van der Waals surface area contributed by atoms with Crippen molar-refractivity contribution in [1.82, 2.24) is 15.1 Å². The first kappa shape index (κ1) is 20.8. The number of hydrogen-bond acceptors (Lipinski definition) is 6. The van der Waals surface area contributed by atoms with Crippen LogP contribution in [0.1, 0.15) is 30.2 Å². The summed E-state index contributed by atoms with van der Waals surface area (Å²) in [6, 6.07) is 3.83. The van der Waals surface area contributed by atoms with Crippen molar-refractivity contribution in [3.63, 3.8) is 0 Å². The highest BCUT2D eigenvalue weighted by atomic mass is 32.1. The molecule has 2 unspecified atom stereocenters. The molecule has 3 fully saturated rings. The van der Waals surface area contributed by atoms with Crippen LogP contribution in [0.3, 0.4) is 0 Å². The number of carbonyl (C=O) groups is 2. The number of likely N-dealkylation sites (tertiary alicyclic amines) is 1. The fourth-order valence-corrected chi connectivity index (χ4v) is 5.72. The topological polar surface area (TPSA) is 71.1 Å². The molecule has 160 valence electrons. The van der Waals surface area contributed by atoms with Crippen LogP contribution in [0, 0.1) is 11.3 Å². The third-order valence-corrected chi connectivity index (χ3v) is 7.55. The SMILES string of the molecule is CN1C(=O)CC(C(=O)NCC2(CN3CCOCC3)CCOCC2)C1c1cccs1. The van der Waals surface area contributed by atoms with Gasteiger partial charge in [0, 0.05) is 63.2 Å². The minimum Gasteiger partial charge on any atom is -0.381 e. The van der Waals surface area contributed by atoms with Gasteiger partial charge < -0.3 is 19.7 Å². The maximum atomic E-state index is 13.2. The number of nitrogens with one attached hydrogen (secondary N) is 1. The molecule has 4 rings (SSSR count). The maximum Gasteiger partial charge on any atom is 0.226 e. The van der Waals surface area contributed by atoms with E-state index in [1.54, 1.807) is 23.3 Å². The predicted molar refractivity (Wildman–Crippen MR) is 111 cm³/mol. The van der Waals surface area contributed by atoms with E-state index in [0.29, 0.717) is 6.54 Å². The second-order valence-electron chi connectivity index (χ2n) is 8.49. The highest BCUT2D eigenvalue weighted by Gasteiger charge is 2.44. The molecule has 3 aliphatic heterocycles. The Morgan fingerprint density at radius 2 is 1.97 bits per heavy atom. The van der Waals surface area contributed by atoms with E-state index < -0.39 is 0 Å². The molecule has 7 nitrogen and oxygen atoms in total. The molecule has 0 aromatic carbocycles. The Hall–Kier alpha value is -1.48. The minimum atomic E-state index is -0.327. The van der Waals surface area contributed by atoms with E-state index in [1.165, 1.54) is 0 Å². The van der Waals surface area contributed by atoms with Gasteiger partial charge in [-0.25, -0.2) is 0 Å². The molecule has 0 spiro atoms. The van der Waals surface area contributed by atoms with Crippen LogP contribution in [-0.2, 0) is 19.1 Å². The molecule has 2 amide bonds. The molecule has 2 atom stereocenters. The van der Waals surface area contributed by atoms with Gasteiger partial charge in [0.1, 0.15) is 0 Å². The molecule has 1 aromatic rings. The molecule has 0 bridgehead atoms. The lowest BCUT2D eigenvalue weighted by atomic mass is 9.79. The number of carbonyl (C=O) groups excluding carboxylic acids is 2. The normalized spacial score (nSPS) is 27.9. The summed E-state index contributed by atoms with van der Waals surface area (Å²) in [5.74, 6) is -0.294. The van der Waals surface area contributed by atoms with Gasteiger partial charge in [-0.15, -0.1) is 11.3 Å². The third-order valence-electron chi connectivity index (χ3n) is 6.61. The van der Waals surface area contributed by atoms with Gasteiger partial charge in [-0.1, -0.05) is 6.07 Å². The zero-order valence-electron chi connectivity index (χ0n) is 17.1. The van der Waals surface area contributed by atoms with E-state index in [4.69, 9.17) is 9.47 Å². The highest BCUT2D eigenvalue weighted by molar-refractivity contribution is 7.10. The molecular weight excluding hydrogens is 390 g/mol. The van der Waals surface area contributed by atoms with E-state index >= 15 is 0 Å². The van der Waals surface area contributed by atoms with Crippen LogP contribution in [0.4, 0.5) is 0 Å². The number of nitrogens with zero attached hydrogens (tertiary/aromatic N) is 2. The van der Waals surface area contributed by atoms with Gasteiger partial charge in [0.15, 0.2) is 0 Å². The lowest BCUT2D eigenvalue weighted by Crippen LogP contribution is -2.51. The Morgan fingerprint density at radius 1 is 1.24 bits per heavy atom. The van der Waals surface area contributed by atoms with Crippen molar-refractivity contribution in [1.29, 1.82) is 0 Å². The lowest BCUT2D eigenvalue weighted by molar-refractivity contribution is -0.128. The van der Waals surface area contributed by atoms with E-state index in [-0.39, 0.29) is 35.6 Å². The largest absolute Gasteiger partial charge is 0.381 e. The molecule has 8 heteroatoms. The average Bonchev–Trinajstić information content (AvgIpc) is 3.36. The van der Waals surface area contributed by atoms with Crippen molar-refractivity contribution < 1.29 is 19.1 Å². The van der Waals surface area contributed by atoms with Gasteiger partial charge >= 0.3 is 0 Å². The predicted octanol–water partition coefficient (Wildman–Crippen LogP) is 1.51. The molecule has 3 aliphatic rings. The summed E-state index contributed by atoms with van der Waals surface area (Å²) in [4.78, 5) is 30.8. The average molecular weight is 422 g/mol. The maximum absolute atomic E-state index is 13.2. The molecule has 4 heterocycles. The number of morpholine rings is 1. The van der Waals surface area contributed by atoms with Crippen molar-refractivity contribution in [3.8, 4) is 0 Å². The number of amides is 2. The Kier molecular flexibility index (Phi) is 6.53. The Morgan fingerprint density at radius 3 is 2.66 bits per heavy atom. The van der Waals surface area contributed by atoms with Gasteiger partial charge in [0.25, 0.3) is 0 Å². The van der Waals surface area contributed by atoms with Gasteiger partial charge in [-0.2, -0.15) is 0 Å². The summed E-state index contributed by atoms with van der Waals surface area (Å²) >= 11 is 1.61. The summed E-state index contributed by atoms with van der Waals surface area (Å²) in [5.41, 5.74) is 0.0260. The summed E-state index contributed by atoms with van der Waals surface area (Å²) in [6.07, 6.45) is 2.18. The molecule has 0 radical (unpaired) electrons. The number of thiophene rings is 1. The minimum absolute atomic E-state index is 0.00561. The summed E-state index contributed by atoms with van der Waals surface area (Å²) < 4.78 is 11.1. The Labute approximate surface area is 176 Å². The quantitative estimate of drug-likeness (QED) is 0.754. The first-order chi connectivity index (χ1) is 14.1. The molecule has 0 aliphatic carbocycles. The molecule has 29 heavy (non-hydrogen) atoms. The van der Waals surface area contributed by atoms with Crippen molar-refractivity contribution in [3.05, 3.63) is 22.4 Å². The van der Waals surface area contributed by atoms with Crippen LogP contribution >= 0.6 is 11.3 Å². The van der Waals surface area contributed by atoms with Crippen LogP contribution in [-0.4, -0.2) is 81.3 Å². The molecular formula is C21H31N3O4S. The Balaban J connectivity index is 1.42. The number of ether oxygens (including phenoxy) is 2. The Bertz CT molecular complexity index is 699. The number of rotatable bonds is 6. The summed E-state index contributed by atoms with van der Waals surface area (Å²) in [7, 11) is 1.80. The molecule has 3 saturated heterocycles. The van der Waals surface area contributed by atoms with Crippen LogP contribution < -0.4 is 5.32 Å². The van der Waals surface area contributed by atoms with Gasteiger partial charge in [-0.3, -0.25) is 14.5 Å². The van der Waals surface area contributed by atoms with E-state index in [9.17, 15) is 9.59 Å². The fourth-order valence-electron chi connectivity index (χ4n) is 4.79. The second-order valence-corrected chi connectivity index (χ2v) is 9.47. The van der Waals surface area contributed by atoms with Crippen molar-refractivity contribution in [2.24, 2.45) is 11.3 Å². The van der Waals surface area contributed by atoms with Crippen LogP contribution in [0.5, 0.6) is 0 Å². The zero-order valence-corrected chi connectivity index (χ0v) is 17.9. The van der Waals surface area contributed by atoms with E-state index in [0.717, 1.165) is 63.8 Å². The van der Waals surface area contributed by atoms with Gasteiger partial charge in [-0.05, 0) is 24.3 Å². The first-order valence-electron chi connectivity index (χ1n) is 10.5. The van der Waals surface area contributed by atoms with Crippen molar-refractivity contribution in [2.75, 3.05) is 59.7 Å². The monoisotopic (exact) mass is 421 g/mol. The van der Waals surface area contributed by atoms with Gasteiger partial charge in [0.05, 0.1) is 25.2 Å². The zero-order chi connectivity index (χ0) is 20.3. The second kappa shape index (κ2) is 9.12. The molecule has 0 saturated carbocycles. The standard InChI is InChI=1S/C21H31N3O4S/c1-23-18(25)13-16(19(23)17-3-2-12-29-17)20(26)22-14-21(4-8-27-9-5-21)15-24-6-10-28-11-7-24/h2-3,12,16,19H,4-11,13-15H2,1H3,(H,22,26). The first-order valence-corrected chi connectivity index (χ1v) is 11.4. The fraction of sp³-hybridized carbons (Fsp3) is 0.714. The van der Waals surface area contributed by atoms with Crippen LogP contribution in [0.15, 0.2) is 17.5 Å². The number of hydrogen-bond donors (Lipinski definition) is 1. The van der Waals surface area contributed by atoms with Crippen molar-refractivity contribution >= 4 is 23.2 Å². The summed E-state index contributed by atoms with van der Waals surface area (Å²) in [6.45, 7) is 6.51. The van der Waals surface area contributed by atoms with E-state index in [2.05, 4.69) is 10.2 Å². The van der Waals surface area contributed by atoms with Crippen LogP contribution in [0.2, 0.25) is 0 Å². The van der Waals surface area contributed by atoms with Crippen LogP contribution in [0.25, 0.3) is 0 Å². The molecule has 1 aromatic heterocycles. The highest BCUT2D eigenvalue weighted by Crippen LogP contribution is 2.39.